The number of rotatable bonds is 4. The standard InChI is InChI=1S/C11H16N2O4S/c1-12-7-9(6-10(12)11(14)15)18(16,17)13(2)8-4-3-5-8/h6-8H,3-5H2,1-2H3,(H,14,15). The van der Waals surface area contributed by atoms with Gasteiger partial charge in [0.15, 0.2) is 0 Å². The monoisotopic (exact) mass is 272 g/mol. The molecule has 0 atom stereocenters. The lowest BCUT2D eigenvalue weighted by Crippen LogP contribution is -2.41. The van der Waals surface area contributed by atoms with Crippen molar-refractivity contribution >= 4 is 16.0 Å². The Kier molecular flexibility index (Phi) is 3.20. The minimum atomic E-state index is -3.59. The average molecular weight is 272 g/mol. The molecule has 7 heteroatoms. The zero-order valence-corrected chi connectivity index (χ0v) is 11.1. The number of carbonyl (C=O) groups is 1. The SMILES string of the molecule is CN(C1CCC1)S(=O)(=O)c1cc(C(=O)O)n(C)c1. The first-order valence-electron chi connectivity index (χ1n) is 5.71. The normalized spacial score (nSPS) is 16.8. The van der Waals surface area contributed by atoms with Crippen molar-refractivity contribution in [2.75, 3.05) is 7.05 Å². The summed E-state index contributed by atoms with van der Waals surface area (Å²) < 4.78 is 27.2. The summed E-state index contributed by atoms with van der Waals surface area (Å²) in [6.45, 7) is 0. The Hall–Kier alpha value is -1.34. The number of carboxylic acid groups (broad SMARTS) is 1. The molecule has 2 rings (SSSR count). The van der Waals surface area contributed by atoms with Gasteiger partial charge in [-0.05, 0) is 18.9 Å². The van der Waals surface area contributed by atoms with Gasteiger partial charge in [-0.1, -0.05) is 6.42 Å². The summed E-state index contributed by atoms with van der Waals surface area (Å²) >= 11 is 0. The van der Waals surface area contributed by atoms with E-state index in [1.165, 1.54) is 28.2 Å². The zero-order valence-electron chi connectivity index (χ0n) is 10.3. The highest BCUT2D eigenvalue weighted by Crippen LogP contribution is 2.28. The Balaban J connectivity index is 2.35. The first-order chi connectivity index (χ1) is 8.34. The fourth-order valence-corrected chi connectivity index (χ4v) is 3.49. The smallest absolute Gasteiger partial charge is 0.352 e. The van der Waals surface area contributed by atoms with Crippen LogP contribution < -0.4 is 0 Å². The fraction of sp³-hybridized carbons (Fsp3) is 0.545. The van der Waals surface area contributed by atoms with E-state index >= 15 is 0 Å². The highest BCUT2D eigenvalue weighted by molar-refractivity contribution is 7.89. The van der Waals surface area contributed by atoms with Crippen molar-refractivity contribution in [1.82, 2.24) is 8.87 Å². The Morgan fingerprint density at radius 3 is 2.50 bits per heavy atom. The van der Waals surface area contributed by atoms with Gasteiger partial charge in [0.05, 0.1) is 0 Å². The number of sulfonamides is 1. The van der Waals surface area contributed by atoms with Crippen LogP contribution >= 0.6 is 0 Å². The van der Waals surface area contributed by atoms with Gasteiger partial charge in [-0.2, -0.15) is 4.31 Å². The van der Waals surface area contributed by atoms with Crippen LogP contribution in [0, 0.1) is 0 Å². The first-order valence-corrected chi connectivity index (χ1v) is 7.15. The van der Waals surface area contributed by atoms with E-state index in [9.17, 15) is 13.2 Å². The van der Waals surface area contributed by atoms with E-state index in [0.29, 0.717) is 0 Å². The molecule has 0 radical (unpaired) electrons. The number of carboxylic acids is 1. The molecule has 1 heterocycles. The first kappa shape index (κ1) is 13.1. The minimum Gasteiger partial charge on any atom is -0.477 e. The summed E-state index contributed by atoms with van der Waals surface area (Å²) in [5.74, 6) is -1.13. The maximum Gasteiger partial charge on any atom is 0.352 e. The Labute approximate surface area is 106 Å². The molecule has 1 aliphatic rings. The lowest BCUT2D eigenvalue weighted by molar-refractivity contribution is 0.0686. The topological polar surface area (TPSA) is 79.6 Å². The summed E-state index contributed by atoms with van der Waals surface area (Å²) in [5, 5.41) is 8.92. The third kappa shape index (κ3) is 2.04. The highest BCUT2D eigenvalue weighted by Gasteiger charge is 2.33. The van der Waals surface area contributed by atoms with Gasteiger partial charge >= 0.3 is 5.97 Å². The lowest BCUT2D eigenvalue weighted by atomic mass is 9.94. The number of aryl methyl sites for hydroxylation is 1. The molecule has 1 aliphatic carbocycles. The molecule has 0 aromatic carbocycles. The third-order valence-corrected chi connectivity index (χ3v) is 5.34. The van der Waals surface area contributed by atoms with Crippen molar-refractivity contribution in [2.45, 2.75) is 30.2 Å². The molecule has 0 aliphatic heterocycles. The third-order valence-electron chi connectivity index (χ3n) is 3.46. The number of aromatic carboxylic acids is 1. The molecular weight excluding hydrogens is 256 g/mol. The van der Waals surface area contributed by atoms with Gasteiger partial charge in [-0.15, -0.1) is 0 Å². The predicted molar refractivity (Wildman–Crippen MR) is 65.0 cm³/mol. The van der Waals surface area contributed by atoms with Gasteiger partial charge in [-0.25, -0.2) is 13.2 Å². The van der Waals surface area contributed by atoms with Gasteiger partial charge in [0.2, 0.25) is 10.0 Å². The van der Waals surface area contributed by atoms with E-state index in [2.05, 4.69) is 0 Å². The second-order valence-corrected chi connectivity index (χ2v) is 6.58. The quantitative estimate of drug-likeness (QED) is 0.883. The van der Waals surface area contributed by atoms with Crippen LogP contribution in [-0.4, -0.2) is 41.5 Å². The fourth-order valence-electron chi connectivity index (χ4n) is 2.00. The van der Waals surface area contributed by atoms with E-state index in [1.807, 2.05) is 0 Å². The van der Waals surface area contributed by atoms with Crippen LogP contribution in [0.3, 0.4) is 0 Å². The van der Waals surface area contributed by atoms with Crippen molar-refractivity contribution in [2.24, 2.45) is 7.05 Å². The number of hydrogen-bond donors (Lipinski definition) is 1. The molecule has 6 nitrogen and oxygen atoms in total. The number of hydrogen-bond acceptors (Lipinski definition) is 3. The van der Waals surface area contributed by atoms with Crippen LogP contribution in [-0.2, 0) is 17.1 Å². The van der Waals surface area contributed by atoms with Crippen LogP contribution in [0.1, 0.15) is 29.8 Å². The maximum atomic E-state index is 12.3. The molecule has 0 unspecified atom stereocenters. The molecule has 1 N–H and O–H groups in total. The van der Waals surface area contributed by atoms with Crippen molar-refractivity contribution in [1.29, 1.82) is 0 Å². The van der Waals surface area contributed by atoms with Crippen molar-refractivity contribution in [3.8, 4) is 0 Å². The lowest BCUT2D eigenvalue weighted by Gasteiger charge is -2.33. The van der Waals surface area contributed by atoms with Crippen molar-refractivity contribution in [3.05, 3.63) is 18.0 Å². The zero-order chi connectivity index (χ0) is 13.5. The predicted octanol–water partition coefficient (Wildman–Crippen LogP) is 0.896. The second-order valence-electron chi connectivity index (χ2n) is 4.58. The summed E-state index contributed by atoms with van der Waals surface area (Å²) in [5.41, 5.74) is -0.0319. The van der Waals surface area contributed by atoms with E-state index in [4.69, 9.17) is 5.11 Å². The van der Waals surface area contributed by atoms with Crippen molar-refractivity contribution in [3.63, 3.8) is 0 Å². The summed E-state index contributed by atoms with van der Waals surface area (Å²) in [7, 11) is -0.517. The van der Waals surface area contributed by atoms with Gasteiger partial charge in [-0.3, -0.25) is 0 Å². The van der Waals surface area contributed by atoms with Crippen LogP contribution in [0.2, 0.25) is 0 Å². The van der Waals surface area contributed by atoms with Gasteiger partial charge in [0.25, 0.3) is 0 Å². The molecule has 1 fully saturated rings. The van der Waals surface area contributed by atoms with Gasteiger partial charge < -0.3 is 9.67 Å². The Morgan fingerprint density at radius 1 is 1.50 bits per heavy atom. The molecule has 0 bridgehead atoms. The maximum absolute atomic E-state index is 12.3. The van der Waals surface area contributed by atoms with E-state index in [1.54, 1.807) is 7.05 Å². The molecular formula is C11H16N2O4S. The molecule has 100 valence electrons. The molecule has 0 amide bonds. The van der Waals surface area contributed by atoms with Crippen LogP contribution in [0.5, 0.6) is 0 Å². The number of aromatic nitrogens is 1. The van der Waals surface area contributed by atoms with Crippen LogP contribution in [0.25, 0.3) is 0 Å². The summed E-state index contributed by atoms with van der Waals surface area (Å²) in [4.78, 5) is 10.9. The van der Waals surface area contributed by atoms with Gasteiger partial charge in [0, 0.05) is 26.3 Å². The van der Waals surface area contributed by atoms with Crippen LogP contribution in [0.4, 0.5) is 0 Å². The van der Waals surface area contributed by atoms with Gasteiger partial charge in [0.1, 0.15) is 10.6 Å². The van der Waals surface area contributed by atoms with E-state index in [-0.39, 0.29) is 16.6 Å². The summed E-state index contributed by atoms with van der Waals surface area (Å²) in [6, 6.07) is 1.25. The highest BCUT2D eigenvalue weighted by atomic mass is 32.2. The summed E-state index contributed by atoms with van der Waals surface area (Å²) in [6.07, 6.45) is 4.12. The molecule has 18 heavy (non-hydrogen) atoms. The Morgan fingerprint density at radius 2 is 2.11 bits per heavy atom. The number of nitrogens with zero attached hydrogens (tertiary/aromatic N) is 2. The second kappa shape index (κ2) is 4.40. The average Bonchev–Trinajstić information content (AvgIpc) is 2.58. The molecule has 1 saturated carbocycles. The van der Waals surface area contributed by atoms with E-state index < -0.39 is 16.0 Å². The van der Waals surface area contributed by atoms with E-state index in [0.717, 1.165) is 19.3 Å². The van der Waals surface area contributed by atoms with Crippen LogP contribution in [0.15, 0.2) is 17.2 Å². The largest absolute Gasteiger partial charge is 0.477 e. The minimum absolute atomic E-state index is 0.0319. The molecule has 0 saturated heterocycles. The molecule has 0 spiro atoms. The Bertz CT molecular complexity index is 572. The molecule has 1 aromatic rings. The van der Waals surface area contributed by atoms with Crippen molar-refractivity contribution < 1.29 is 18.3 Å². The molecule has 1 aromatic heterocycles.